The van der Waals surface area contributed by atoms with Crippen molar-refractivity contribution in [1.29, 1.82) is 0 Å². The van der Waals surface area contributed by atoms with Gasteiger partial charge in [-0.3, -0.25) is 4.79 Å². The second-order valence-electron chi connectivity index (χ2n) is 5.32. The van der Waals surface area contributed by atoms with Gasteiger partial charge in [-0.1, -0.05) is 11.6 Å². The van der Waals surface area contributed by atoms with Crippen LogP contribution in [-0.2, 0) is 0 Å². The van der Waals surface area contributed by atoms with E-state index in [2.05, 4.69) is 4.98 Å². The van der Waals surface area contributed by atoms with Gasteiger partial charge in [-0.25, -0.2) is 4.98 Å². The molecule has 2 aliphatic heterocycles. The number of halogens is 1. The monoisotopic (exact) mass is 281 g/mol. The molecule has 3 heterocycles. The number of nitrogens with two attached hydrogens (primary N) is 1. The topological polar surface area (TPSA) is 79.5 Å². The van der Waals surface area contributed by atoms with Gasteiger partial charge < -0.3 is 15.7 Å². The number of hydrogen-bond donors (Lipinski definition) is 2. The van der Waals surface area contributed by atoms with E-state index >= 15 is 0 Å². The van der Waals surface area contributed by atoms with Crippen LogP contribution in [0.3, 0.4) is 0 Å². The Labute approximate surface area is 116 Å². The number of amides is 1. The van der Waals surface area contributed by atoms with Crippen LogP contribution in [0.15, 0.2) is 12.3 Å². The van der Waals surface area contributed by atoms with Gasteiger partial charge in [0.2, 0.25) is 0 Å². The molecular weight excluding hydrogens is 266 g/mol. The summed E-state index contributed by atoms with van der Waals surface area (Å²) >= 11 is 5.83. The number of nitrogens with zero attached hydrogens (tertiary/aromatic N) is 2. The standard InChI is InChI=1S/C13H16ClN3O2/c14-12-5-10(11(15)6-16-12)13(19)17-7-1-2-8(17)4-9(18)3-7/h5-9,18H,1-4,15H2. The first kappa shape index (κ1) is 12.7. The Balaban J connectivity index is 1.90. The van der Waals surface area contributed by atoms with E-state index in [0.717, 1.165) is 12.8 Å². The van der Waals surface area contributed by atoms with Gasteiger partial charge in [-0.05, 0) is 31.7 Å². The van der Waals surface area contributed by atoms with Crippen molar-refractivity contribution in [2.75, 3.05) is 5.73 Å². The molecule has 0 radical (unpaired) electrons. The molecule has 3 N–H and O–H groups in total. The van der Waals surface area contributed by atoms with Crippen LogP contribution in [0.1, 0.15) is 36.0 Å². The zero-order valence-corrected chi connectivity index (χ0v) is 11.2. The highest BCUT2D eigenvalue weighted by Gasteiger charge is 2.43. The summed E-state index contributed by atoms with van der Waals surface area (Å²) in [5.74, 6) is -0.0961. The number of carbonyl (C=O) groups excluding carboxylic acids is 1. The van der Waals surface area contributed by atoms with Crippen LogP contribution >= 0.6 is 11.6 Å². The smallest absolute Gasteiger partial charge is 0.256 e. The Morgan fingerprint density at radius 3 is 2.68 bits per heavy atom. The van der Waals surface area contributed by atoms with Crippen LogP contribution in [0, 0.1) is 0 Å². The predicted molar refractivity (Wildman–Crippen MR) is 71.9 cm³/mol. The third kappa shape index (κ3) is 2.17. The van der Waals surface area contributed by atoms with Crippen molar-refractivity contribution in [3.05, 3.63) is 23.0 Å². The lowest BCUT2D eigenvalue weighted by molar-refractivity contribution is 0.0287. The second-order valence-corrected chi connectivity index (χ2v) is 5.70. The number of hydrogen-bond acceptors (Lipinski definition) is 4. The largest absolute Gasteiger partial charge is 0.397 e. The molecule has 0 spiro atoms. The number of aromatic nitrogens is 1. The number of aliphatic hydroxyl groups is 1. The summed E-state index contributed by atoms with van der Waals surface area (Å²) in [6.45, 7) is 0. The molecule has 19 heavy (non-hydrogen) atoms. The summed E-state index contributed by atoms with van der Waals surface area (Å²) in [6, 6.07) is 1.75. The predicted octanol–water partition coefficient (Wildman–Crippen LogP) is 1.45. The Kier molecular flexibility index (Phi) is 3.11. The lowest BCUT2D eigenvalue weighted by atomic mass is 9.98. The number of piperidine rings is 1. The van der Waals surface area contributed by atoms with Crippen molar-refractivity contribution in [3.63, 3.8) is 0 Å². The van der Waals surface area contributed by atoms with E-state index in [9.17, 15) is 9.90 Å². The molecule has 102 valence electrons. The fraction of sp³-hybridized carbons (Fsp3) is 0.538. The maximum atomic E-state index is 12.6. The number of nitrogen functional groups attached to an aromatic ring is 1. The number of anilines is 1. The van der Waals surface area contributed by atoms with Crippen LogP contribution in [0.4, 0.5) is 5.69 Å². The summed E-state index contributed by atoms with van der Waals surface area (Å²) in [7, 11) is 0. The summed E-state index contributed by atoms with van der Waals surface area (Å²) in [5, 5.41) is 10.0. The van der Waals surface area contributed by atoms with Crippen LogP contribution in [0.25, 0.3) is 0 Å². The average molecular weight is 282 g/mol. The molecule has 2 bridgehead atoms. The molecular formula is C13H16ClN3O2. The fourth-order valence-corrected chi connectivity index (χ4v) is 3.40. The van der Waals surface area contributed by atoms with Crippen LogP contribution < -0.4 is 5.73 Å². The van der Waals surface area contributed by atoms with E-state index < -0.39 is 0 Å². The molecule has 0 aliphatic carbocycles. The molecule has 5 nitrogen and oxygen atoms in total. The van der Waals surface area contributed by atoms with Crippen LogP contribution in [-0.4, -0.2) is 39.1 Å². The highest BCUT2D eigenvalue weighted by atomic mass is 35.5. The molecule has 0 aromatic carbocycles. The van der Waals surface area contributed by atoms with Crippen molar-refractivity contribution in [2.45, 2.75) is 43.9 Å². The van der Waals surface area contributed by atoms with Gasteiger partial charge in [0.1, 0.15) is 5.15 Å². The lowest BCUT2D eigenvalue weighted by Crippen LogP contribution is -2.48. The van der Waals surface area contributed by atoms with Gasteiger partial charge in [-0.2, -0.15) is 0 Å². The van der Waals surface area contributed by atoms with Crippen molar-refractivity contribution in [2.24, 2.45) is 0 Å². The lowest BCUT2D eigenvalue weighted by Gasteiger charge is -2.37. The zero-order chi connectivity index (χ0) is 13.6. The molecule has 1 aromatic rings. The van der Waals surface area contributed by atoms with Gasteiger partial charge in [0, 0.05) is 12.1 Å². The van der Waals surface area contributed by atoms with Crippen LogP contribution in [0.5, 0.6) is 0 Å². The number of rotatable bonds is 1. The first-order valence-corrected chi connectivity index (χ1v) is 6.86. The molecule has 2 aliphatic rings. The normalized spacial score (nSPS) is 29.6. The van der Waals surface area contributed by atoms with Gasteiger partial charge in [0.25, 0.3) is 5.91 Å². The molecule has 2 atom stereocenters. The fourth-order valence-electron chi connectivity index (χ4n) is 3.24. The molecule has 2 saturated heterocycles. The third-order valence-electron chi connectivity index (χ3n) is 4.07. The highest BCUT2D eigenvalue weighted by Crippen LogP contribution is 2.37. The SMILES string of the molecule is Nc1cnc(Cl)cc1C(=O)N1C2CCC1CC(O)C2. The number of carbonyl (C=O) groups is 1. The van der Waals surface area contributed by atoms with E-state index in [0.29, 0.717) is 24.1 Å². The van der Waals surface area contributed by atoms with Crippen molar-refractivity contribution >= 4 is 23.2 Å². The number of aliphatic hydroxyl groups excluding tert-OH is 1. The quantitative estimate of drug-likeness (QED) is 0.764. The maximum Gasteiger partial charge on any atom is 0.256 e. The molecule has 2 fully saturated rings. The summed E-state index contributed by atoms with van der Waals surface area (Å²) < 4.78 is 0. The van der Waals surface area contributed by atoms with E-state index in [1.165, 1.54) is 12.3 Å². The molecule has 1 amide bonds. The molecule has 3 rings (SSSR count). The van der Waals surface area contributed by atoms with E-state index in [-0.39, 0.29) is 29.2 Å². The van der Waals surface area contributed by atoms with Gasteiger partial charge in [0.05, 0.1) is 23.6 Å². The average Bonchev–Trinajstić information content (AvgIpc) is 2.64. The van der Waals surface area contributed by atoms with E-state index in [1.807, 2.05) is 4.90 Å². The Bertz CT molecular complexity index is 509. The molecule has 2 unspecified atom stereocenters. The Morgan fingerprint density at radius 2 is 2.05 bits per heavy atom. The van der Waals surface area contributed by atoms with Crippen molar-refractivity contribution in [3.8, 4) is 0 Å². The minimum absolute atomic E-state index is 0.0961. The zero-order valence-electron chi connectivity index (χ0n) is 10.4. The van der Waals surface area contributed by atoms with Gasteiger partial charge in [-0.15, -0.1) is 0 Å². The maximum absolute atomic E-state index is 12.6. The first-order valence-electron chi connectivity index (χ1n) is 6.48. The van der Waals surface area contributed by atoms with E-state index in [1.54, 1.807) is 0 Å². The Morgan fingerprint density at radius 1 is 1.42 bits per heavy atom. The third-order valence-corrected chi connectivity index (χ3v) is 4.28. The summed E-state index contributed by atoms with van der Waals surface area (Å²) in [5.41, 5.74) is 6.58. The van der Waals surface area contributed by atoms with Crippen LogP contribution in [0.2, 0.25) is 5.15 Å². The summed E-state index contributed by atoms with van der Waals surface area (Å²) in [4.78, 5) is 18.4. The minimum atomic E-state index is -0.292. The van der Waals surface area contributed by atoms with E-state index in [4.69, 9.17) is 17.3 Å². The molecule has 6 heteroatoms. The minimum Gasteiger partial charge on any atom is -0.397 e. The second kappa shape index (κ2) is 4.65. The number of fused-ring (bicyclic) bond motifs is 2. The first-order chi connectivity index (χ1) is 9.06. The number of pyridine rings is 1. The van der Waals surface area contributed by atoms with Crippen molar-refractivity contribution < 1.29 is 9.90 Å². The van der Waals surface area contributed by atoms with Crippen molar-refractivity contribution in [1.82, 2.24) is 9.88 Å². The Hall–Kier alpha value is -1.33. The molecule has 0 saturated carbocycles. The highest BCUT2D eigenvalue weighted by molar-refractivity contribution is 6.29. The van der Waals surface area contributed by atoms with Gasteiger partial charge >= 0.3 is 0 Å². The van der Waals surface area contributed by atoms with Gasteiger partial charge in [0.15, 0.2) is 0 Å². The summed E-state index contributed by atoms with van der Waals surface area (Å²) in [6.07, 6.45) is 4.33. The molecule has 1 aromatic heterocycles.